The summed E-state index contributed by atoms with van der Waals surface area (Å²) in [7, 11) is 0. The van der Waals surface area contributed by atoms with Gasteiger partial charge < -0.3 is 20.5 Å². The van der Waals surface area contributed by atoms with Gasteiger partial charge in [0.25, 0.3) is 0 Å². The Bertz CT molecular complexity index is 480. The second kappa shape index (κ2) is 7.82. The summed E-state index contributed by atoms with van der Waals surface area (Å²) in [6, 6.07) is -0.266. The summed E-state index contributed by atoms with van der Waals surface area (Å²) >= 11 is 0. The molecule has 1 aromatic heterocycles. The number of nitrogens with zero attached hydrogens (tertiary/aromatic N) is 2. The van der Waals surface area contributed by atoms with E-state index < -0.39 is 5.54 Å². The normalized spacial score (nSPS) is 16.2. The number of rotatable bonds is 7. The average molecular weight is 307 g/mol. The Morgan fingerprint density at radius 1 is 1.27 bits per heavy atom. The third kappa shape index (κ3) is 4.22. The van der Waals surface area contributed by atoms with Crippen LogP contribution in [-0.4, -0.2) is 40.1 Å². The summed E-state index contributed by atoms with van der Waals surface area (Å²) < 4.78 is 1.98. The lowest BCUT2D eigenvalue weighted by atomic mass is 9.96. The third-order valence-electron chi connectivity index (χ3n) is 4.02. The monoisotopic (exact) mass is 307 g/mol. The minimum absolute atomic E-state index is 0.0677. The van der Waals surface area contributed by atoms with Crippen molar-refractivity contribution in [3.8, 4) is 0 Å². The maximum absolute atomic E-state index is 12.5. The van der Waals surface area contributed by atoms with Crippen LogP contribution in [0.1, 0.15) is 39.0 Å². The van der Waals surface area contributed by atoms with Crippen LogP contribution in [0.2, 0.25) is 0 Å². The highest BCUT2D eigenvalue weighted by Gasteiger charge is 2.42. The van der Waals surface area contributed by atoms with Crippen LogP contribution in [0.15, 0.2) is 18.7 Å². The van der Waals surface area contributed by atoms with Gasteiger partial charge in [-0.1, -0.05) is 12.8 Å². The Morgan fingerprint density at radius 3 is 2.68 bits per heavy atom. The Labute approximate surface area is 130 Å². The molecule has 1 fully saturated rings. The molecule has 1 heterocycles. The number of hydrogen-bond donors (Lipinski definition) is 3. The zero-order valence-electron chi connectivity index (χ0n) is 13.1. The molecule has 0 radical (unpaired) electrons. The molecule has 7 nitrogen and oxygen atoms in total. The molecule has 1 aliphatic carbocycles. The number of aryl methyl sites for hydroxylation is 1. The summed E-state index contributed by atoms with van der Waals surface area (Å²) in [5.74, 6) is -0.0677. The van der Waals surface area contributed by atoms with Crippen LogP contribution in [0.3, 0.4) is 0 Å². The van der Waals surface area contributed by atoms with Crippen LogP contribution in [-0.2, 0) is 11.3 Å². The summed E-state index contributed by atoms with van der Waals surface area (Å²) in [6.07, 6.45) is 9.58. The Kier molecular flexibility index (Phi) is 5.80. The van der Waals surface area contributed by atoms with E-state index in [1.54, 1.807) is 12.5 Å². The van der Waals surface area contributed by atoms with E-state index >= 15 is 0 Å². The second-order valence-electron chi connectivity index (χ2n) is 5.68. The van der Waals surface area contributed by atoms with Crippen molar-refractivity contribution in [3.63, 3.8) is 0 Å². The number of nitrogens with one attached hydrogen (secondary N) is 3. The maximum Gasteiger partial charge on any atom is 0.315 e. The van der Waals surface area contributed by atoms with Gasteiger partial charge in [0.1, 0.15) is 5.54 Å². The summed E-state index contributed by atoms with van der Waals surface area (Å²) in [5.41, 5.74) is -0.742. The van der Waals surface area contributed by atoms with Gasteiger partial charge in [0, 0.05) is 32.0 Å². The molecule has 1 aromatic rings. The summed E-state index contributed by atoms with van der Waals surface area (Å²) in [4.78, 5) is 28.3. The summed E-state index contributed by atoms with van der Waals surface area (Å²) in [5, 5.41) is 8.53. The van der Waals surface area contributed by atoms with Crippen LogP contribution in [0.4, 0.5) is 4.79 Å². The molecule has 3 amide bonds. The first-order valence-electron chi connectivity index (χ1n) is 7.96. The van der Waals surface area contributed by atoms with Crippen LogP contribution in [0.25, 0.3) is 0 Å². The number of carbonyl (C=O) groups excluding carboxylic acids is 2. The zero-order chi connectivity index (χ0) is 15.8. The van der Waals surface area contributed by atoms with Crippen molar-refractivity contribution in [1.82, 2.24) is 25.5 Å². The predicted molar refractivity (Wildman–Crippen MR) is 83.3 cm³/mol. The number of hydrogen-bond acceptors (Lipinski definition) is 3. The Balaban J connectivity index is 1.80. The Hall–Kier alpha value is -2.05. The van der Waals surface area contributed by atoms with Gasteiger partial charge in [-0.05, 0) is 26.2 Å². The lowest BCUT2D eigenvalue weighted by molar-refractivity contribution is -0.127. The fourth-order valence-corrected chi connectivity index (χ4v) is 2.86. The largest absolute Gasteiger partial charge is 0.354 e. The highest BCUT2D eigenvalue weighted by Crippen LogP contribution is 2.29. The van der Waals surface area contributed by atoms with E-state index in [4.69, 9.17) is 0 Å². The van der Waals surface area contributed by atoms with Crippen LogP contribution in [0.5, 0.6) is 0 Å². The molecule has 1 aliphatic rings. The fraction of sp³-hybridized carbons (Fsp3) is 0.667. The molecule has 122 valence electrons. The minimum Gasteiger partial charge on any atom is -0.354 e. The van der Waals surface area contributed by atoms with Crippen molar-refractivity contribution in [3.05, 3.63) is 18.7 Å². The van der Waals surface area contributed by atoms with Gasteiger partial charge in [0.2, 0.25) is 5.91 Å². The first-order valence-corrected chi connectivity index (χ1v) is 7.96. The van der Waals surface area contributed by atoms with Crippen molar-refractivity contribution in [2.75, 3.05) is 13.1 Å². The molecule has 0 atom stereocenters. The van der Waals surface area contributed by atoms with Gasteiger partial charge in [-0.25, -0.2) is 9.78 Å². The molecule has 0 unspecified atom stereocenters. The lowest BCUT2D eigenvalue weighted by Crippen LogP contribution is -2.59. The SMILES string of the molecule is CCNC(=O)NC1(C(=O)NCCCn2ccnc2)CCCC1. The molecule has 0 aromatic carbocycles. The first-order chi connectivity index (χ1) is 10.7. The Morgan fingerprint density at radius 2 is 2.05 bits per heavy atom. The molecular formula is C15H25N5O2. The van der Waals surface area contributed by atoms with Gasteiger partial charge in [-0.2, -0.15) is 0 Å². The van der Waals surface area contributed by atoms with Crippen molar-refractivity contribution in [2.45, 2.75) is 51.1 Å². The van der Waals surface area contributed by atoms with E-state index in [1.807, 2.05) is 17.7 Å². The second-order valence-corrected chi connectivity index (χ2v) is 5.68. The number of urea groups is 1. The highest BCUT2D eigenvalue weighted by molar-refractivity contribution is 5.91. The molecule has 0 aliphatic heterocycles. The van der Waals surface area contributed by atoms with Crippen LogP contribution >= 0.6 is 0 Å². The van der Waals surface area contributed by atoms with E-state index in [-0.39, 0.29) is 11.9 Å². The first kappa shape index (κ1) is 16.3. The smallest absolute Gasteiger partial charge is 0.315 e. The van der Waals surface area contributed by atoms with Crippen LogP contribution < -0.4 is 16.0 Å². The number of carbonyl (C=O) groups is 2. The van der Waals surface area contributed by atoms with Crippen molar-refractivity contribution in [1.29, 1.82) is 0 Å². The molecule has 1 saturated carbocycles. The molecule has 7 heteroatoms. The molecule has 0 bridgehead atoms. The number of imidazole rings is 1. The van der Waals surface area contributed by atoms with Crippen molar-refractivity contribution >= 4 is 11.9 Å². The fourth-order valence-electron chi connectivity index (χ4n) is 2.86. The van der Waals surface area contributed by atoms with E-state index in [0.717, 1.165) is 25.8 Å². The van der Waals surface area contributed by atoms with Crippen LogP contribution in [0, 0.1) is 0 Å². The number of aromatic nitrogens is 2. The average Bonchev–Trinajstić information content (AvgIpc) is 3.15. The van der Waals surface area contributed by atoms with E-state index in [2.05, 4.69) is 20.9 Å². The lowest BCUT2D eigenvalue weighted by Gasteiger charge is -2.29. The third-order valence-corrected chi connectivity index (χ3v) is 4.02. The van der Waals surface area contributed by atoms with Gasteiger partial charge in [-0.15, -0.1) is 0 Å². The van der Waals surface area contributed by atoms with Crippen molar-refractivity contribution in [2.24, 2.45) is 0 Å². The van der Waals surface area contributed by atoms with E-state index in [1.165, 1.54) is 0 Å². The molecule has 2 rings (SSSR count). The van der Waals surface area contributed by atoms with Gasteiger partial charge in [-0.3, -0.25) is 4.79 Å². The highest BCUT2D eigenvalue weighted by atomic mass is 16.2. The zero-order valence-corrected chi connectivity index (χ0v) is 13.1. The topological polar surface area (TPSA) is 88.0 Å². The van der Waals surface area contributed by atoms with E-state index in [0.29, 0.717) is 25.9 Å². The molecule has 0 saturated heterocycles. The molecular weight excluding hydrogens is 282 g/mol. The van der Waals surface area contributed by atoms with Gasteiger partial charge in [0.15, 0.2) is 0 Å². The standard InChI is InChI=1S/C15H25N5O2/c1-2-17-14(22)19-15(6-3-4-7-15)13(21)18-8-5-10-20-11-9-16-12-20/h9,11-12H,2-8,10H2,1H3,(H,18,21)(H2,17,19,22). The van der Waals surface area contributed by atoms with Gasteiger partial charge in [0.05, 0.1) is 6.33 Å². The summed E-state index contributed by atoms with van der Waals surface area (Å²) in [6.45, 7) is 3.82. The molecule has 22 heavy (non-hydrogen) atoms. The van der Waals surface area contributed by atoms with Crippen molar-refractivity contribution < 1.29 is 9.59 Å². The molecule has 3 N–H and O–H groups in total. The predicted octanol–water partition coefficient (Wildman–Crippen LogP) is 1.02. The maximum atomic E-state index is 12.5. The molecule has 0 spiro atoms. The van der Waals surface area contributed by atoms with Gasteiger partial charge >= 0.3 is 6.03 Å². The number of amides is 3. The minimum atomic E-state index is -0.742. The quantitative estimate of drug-likeness (QED) is 0.657. The van der Waals surface area contributed by atoms with E-state index in [9.17, 15) is 9.59 Å².